The molecule has 0 bridgehead atoms. The van der Waals surface area contributed by atoms with Crippen LogP contribution in [-0.2, 0) is 11.3 Å². The van der Waals surface area contributed by atoms with Crippen molar-refractivity contribution in [3.63, 3.8) is 0 Å². The van der Waals surface area contributed by atoms with E-state index in [2.05, 4.69) is 37.4 Å². The molecule has 0 aliphatic heterocycles. The molecule has 0 unspecified atom stereocenters. The minimum absolute atomic E-state index is 0. The molecule has 0 aromatic heterocycles. The molecule has 0 heterocycles. The molecule has 0 radical (unpaired) electrons. The van der Waals surface area contributed by atoms with Gasteiger partial charge in [0.05, 0.1) is 0 Å². The van der Waals surface area contributed by atoms with E-state index in [0.717, 1.165) is 19.3 Å². The first-order valence-corrected chi connectivity index (χ1v) is 7.14. The summed E-state index contributed by atoms with van der Waals surface area (Å²) in [5, 5.41) is 3.01. The molecular weight excluding hydrogens is 272 g/mol. The molecular formula is C16H25ClN2O. The minimum atomic E-state index is 0. The van der Waals surface area contributed by atoms with Crippen LogP contribution in [0.3, 0.4) is 0 Å². The second kappa shape index (κ2) is 7.65. The van der Waals surface area contributed by atoms with Gasteiger partial charge < -0.3 is 11.1 Å². The van der Waals surface area contributed by atoms with Crippen LogP contribution in [0.4, 0.5) is 0 Å². The quantitative estimate of drug-likeness (QED) is 0.897. The number of nitrogens with one attached hydrogen (secondary N) is 1. The molecule has 1 aromatic rings. The Balaban J connectivity index is 0.00000200. The molecule has 1 aliphatic rings. The standard InChI is InChI=1S/C16H24N2O.ClH/c1-11-6-7-14(12(2)8-11)10-18-16(19)9-13-4-3-5-15(13)17;/h6-8,13,15H,3-5,9-10,17H2,1-2H3,(H,18,19);1H/t13-,15+;/m0./s1. The first kappa shape index (κ1) is 17.0. The van der Waals surface area contributed by atoms with E-state index in [4.69, 9.17) is 5.73 Å². The number of amides is 1. The number of aryl methyl sites for hydroxylation is 2. The van der Waals surface area contributed by atoms with Crippen LogP contribution in [-0.4, -0.2) is 11.9 Å². The zero-order valence-corrected chi connectivity index (χ0v) is 13.1. The number of benzene rings is 1. The lowest BCUT2D eigenvalue weighted by Gasteiger charge is -2.15. The number of halogens is 1. The van der Waals surface area contributed by atoms with Crippen LogP contribution in [0, 0.1) is 19.8 Å². The fourth-order valence-corrected chi connectivity index (χ4v) is 2.87. The number of hydrogen-bond donors (Lipinski definition) is 2. The van der Waals surface area contributed by atoms with E-state index in [1.165, 1.54) is 16.7 Å². The third-order valence-electron chi connectivity index (χ3n) is 4.14. The first-order chi connectivity index (χ1) is 9.06. The third-order valence-corrected chi connectivity index (χ3v) is 4.14. The predicted molar refractivity (Wildman–Crippen MR) is 84.9 cm³/mol. The maximum Gasteiger partial charge on any atom is 0.220 e. The van der Waals surface area contributed by atoms with Crippen LogP contribution < -0.4 is 11.1 Å². The summed E-state index contributed by atoms with van der Waals surface area (Å²) in [4.78, 5) is 11.9. The summed E-state index contributed by atoms with van der Waals surface area (Å²) in [6, 6.07) is 6.54. The van der Waals surface area contributed by atoms with Crippen molar-refractivity contribution in [2.24, 2.45) is 11.7 Å². The molecule has 1 fully saturated rings. The van der Waals surface area contributed by atoms with Gasteiger partial charge in [0.25, 0.3) is 0 Å². The van der Waals surface area contributed by atoms with E-state index in [9.17, 15) is 4.79 Å². The van der Waals surface area contributed by atoms with Gasteiger partial charge in [-0.2, -0.15) is 0 Å². The van der Waals surface area contributed by atoms with Gasteiger partial charge in [0.2, 0.25) is 5.91 Å². The number of carbonyl (C=O) groups is 1. The Hall–Kier alpha value is -1.06. The number of nitrogens with two attached hydrogens (primary N) is 1. The fraction of sp³-hybridized carbons (Fsp3) is 0.562. The Labute approximate surface area is 127 Å². The summed E-state index contributed by atoms with van der Waals surface area (Å²) >= 11 is 0. The van der Waals surface area contributed by atoms with Crippen molar-refractivity contribution in [2.45, 2.75) is 52.1 Å². The largest absolute Gasteiger partial charge is 0.352 e. The van der Waals surface area contributed by atoms with Crippen molar-refractivity contribution in [1.29, 1.82) is 0 Å². The summed E-state index contributed by atoms with van der Waals surface area (Å²) in [6.45, 7) is 4.78. The fourth-order valence-electron chi connectivity index (χ4n) is 2.87. The second-order valence-electron chi connectivity index (χ2n) is 5.77. The van der Waals surface area contributed by atoms with Gasteiger partial charge in [-0.15, -0.1) is 12.4 Å². The van der Waals surface area contributed by atoms with E-state index < -0.39 is 0 Å². The van der Waals surface area contributed by atoms with Crippen molar-refractivity contribution in [3.8, 4) is 0 Å². The Morgan fingerprint density at radius 2 is 2.10 bits per heavy atom. The molecule has 1 amide bonds. The highest BCUT2D eigenvalue weighted by atomic mass is 35.5. The Morgan fingerprint density at radius 3 is 2.70 bits per heavy atom. The van der Waals surface area contributed by atoms with Crippen LogP contribution in [0.25, 0.3) is 0 Å². The molecule has 3 nitrogen and oxygen atoms in total. The summed E-state index contributed by atoms with van der Waals surface area (Å²) in [5.74, 6) is 0.501. The summed E-state index contributed by atoms with van der Waals surface area (Å²) in [6.07, 6.45) is 3.90. The zero-order valence-electron chi connectivity index (χ0n) is 12.3. The molecule has 112 valence electrons. The van der Waals surface area contributed by atoms with Crippen molar-refractivity contribution < 1.29 is 4.79 Å². The van der Waals surface area contributed by atoms with Crippen LogP contribution >= 0.6 is 12.4 Å². The first-order valence-electron chi connectivity index (χ1n) is 7.14. The average Bonchev–Trinajstić information content (AvgIpc) is 2.74. The van der Waals surface area contributed by atoms with E-state index in [1.807, 2.05) is 0 Å². The molecule has 20 heavy (non-hydrogen) atoms. The van der Waals surface area contributed by atoms with E-state index in [1.54, 1.807) is 0 Å². The maximum absolute atomic E-state index is 11.9. The van der Waals surface area contributed by atoms with Crippen molar-refractivity contribution in [1.82, 2.24) is 5.32 Å². The number of carbonyl (C=O) groups excluding carboxylic acids is 1. The minimum Gasteiger partial charge on any atom is -0.352 e. The molecule has 3 N–H and O–H groups in total. The normalized spacial score (nSPS) is 21.4. The monoisotopic (exact) mass is 296 g/mol. The molecule has 0 saturated heterocycles. The van der Waals surface area contributed by atoms with Gasteiger partial charge in [-0.1, -0.05) is 30.2 Å². The highest BCUT2D eigenvalue weighted by Gasteiger charge is 2.25. The Morgan fingerprint density at radius 1 is 1.35 bits per heavy atom. The van der Waals surface area contributed by atoms with E-state index >= 15 is 0 Å². The topological polar surface area (TPSA) is 55.1 Å². The lowest BCUT2D eigenvalue weighted by Crippen LogP contribution is -2.31. The van der Waals surface area contributed by atoms with Gasteiger partial charge >= 0.3 is 0 Å². The lowest BCUT2D eigenvalue weighted by molar-refractivity contribution is -0.122. The van der Waals surface area contributed by atoms with Gasteiger partial charge in [-0.05, 0) is 43.7 Å². The summed E-state index contributed by atoms with van der Waals surface area (Å²) in [7, 11) is 0. The third kappa shape index (κ3) is 4.50. The van der Waals surface area contributed by atoms with Crippen molar-refractivity contribution in [3.05, 3.63) is 34.9 Å². The molecule has 4 heteroatoms. The SMILES string of the molecule is Cc1ccc(CNC(=O)C[C@@H]2CCC[C@H]2N)c(C)c1.Cl. The van der Waals surface area contributed by atoms with Gasteiger partial charge in [0.1, 0.15) is 0 Å². The van der Waals surface area contributed by atoms with Crippen LogP contribution in [0.2, 0.25) is 0 Å². The van der Waals surface area contributed by atoms with Crippen molar-refractivity contribution in [2.75, 3.05) is 0 Å². The van der Waals surface area contributed by atoms with Gasteiger partial charge in [0.15, 0.2) is 0 Å². The molecule has 2 rings (SSSR count). The summed E-state index contributed by atoms with van der Waals surface area (Å²) < 4.78 is 0. The highest BCUT2D eigenvalue weighted by Crippen LogP contribution is 2.26. The predicted octanol–water partition coefficient (Wildman–Crippen LogP) is 2.86. The maximum atomic E-state index is 11.9. The average molecular weight is 297 g/mol. The van der Waals surface area contributed by atoms with E-state index in [0.29, 0.717) is 18.9 Å². The molecule has 1 saturated carbocycles. The van der Waals surface area contributed by atoms with Crippen molar-refractivity contribution >= 4 is 18.3 Å². The smallest absolute Gasteiger partial charge is 0.220 e. The second-order valence-corrected chi connectivity index (χ2v) is 5.77. The molecule has 0 spiro atoms. The zero-order chi connectivity index (χ0) is 13.8. The molecule has 1 aromatic carbocycles. The van der Waals surface area contributed by atoms with Gasteiger partial charge in [-0.3, -0.25) is 4.79 Å². The summed E-state index contributed by atoms with van der Waals surface area (Å²) in [5.41, 5.74) is 9.67. The Kier molecular flexibility index (Phi) is 6.50. The van der Waals surface area contributed by atoms with Gasteiger partial charge in [0, 0.05) is 19.0 Å². The number of hydrogen-bond acceptors (Lipinski definition) is 2. The van der Waals surface area contributed by atoms with E-state index in [-0.39, 0.29) is 24.4 Å². The molecule has 1 aliphatic carbocycles. The van der Waals surface area contributed by atoms with Crippen LogP contribution in [0.1, 0.15) is 42.4 Å². The number of rotatable bonds is 4. The van der Waals surface area contributed by atoms with Gasteiger partial charge in [-0.25, -0.2) is 0 Å². The Bertz CT molecular complexity index is 462. The van der Waals surface area contributed by atoms with Crippen LogP contribution in [0.5, 0.6) is 0 Å². The highest BCUT2D eigenvalue weighted by molar-refractivity contribution is 5.85. The van der Waals surface area contributed by atoms with Crippen LogP contribution in [0.15, 0.2) is 18.2 Å². The molecule has 2 atom stereocenters. The lowest BCUT2D eigenvalue weighted by atomic mass is 9.99.